The first-order chi connectivity index (χ1) is 12.1. The Morgan fingerprint density at radius 3 is 2.50 bits per heavy atom. The van der Waals surface area contributed by atoms with E-state index in [4.69, 9.17) is 23.2 Å². The molecule has 5 nitrogen and oxygen atoms in total. The summed E-state index contributed by atoms with van der Waals surface area (Å²) in [4.78, 5) is 12.3. The number of aryl methyl sites for hydroxylation is 1. The largest absolute Gasteiger partial charge is 0.322 e. The molecular weight excluding hydrogens is 395 g/mol. The van der Waals surface area contributed by atoms with E-state index in [1.54, 1.807) is 37.3 Å². The van der Waals surface area contributed by atoms with Crippen molar-refractivity contribution in [2.75, 3.05) is 19.4 Å². The number of nitrogens with one attached hydrogen (secondary N) is 1. The van der Waals surface area contributed by atoms with E-state index in [-0.39, 0.29) is 4.90 Å². The number of rotatable bonds is 5. The lowest BCUT2D eigenvalue weighted by Crippen LogP contribution is -2.22. The summed E-state index contributed by atoms with van der Waals surface area (Å²) >= 11 is 12.0. The highest BCUT2D eigenvalue weighted by Gasteiger charge is 2.18. The average Bonchev–Trinajstić information content (AvgIpc) is 2.58. The first kappa shape index (κ1) is 20.5. The summed E-state index contributed by atoms with van der Waals surface area (Å²) < 4.78 is 25.6. The predicted molar refractivity (Wildman–Crippen MR) is 106 cm³/mol. The van der Waals surface area contributed by atoms with Crippen LogP contribution in [0.1, 0.15) is 11.1 Å². The van der Waals surface area contributed by atoms with Gasteiger partial charge in [-0.15, -0.1) is 0 Å². The lowest BCUT2D eigenvalue weighted by atomic mass is 10.2. The fourth-order valence-corrected chi connectivity index (χ4v) is 3.40. The smallest absolute Gasteiger partial charge is 0.248 e. The highest BCUT2D eigenvalue weighted by atomic mass is 35.5. The quantitative estimate of drug-likeness (QED) is 0.747. The van der Waals surface area contributed by atoms with Crippen molar-refractivity contribution in [3.05, 3.63) is 63.6 Å². The van der Waals surface area contributed by atoms with Gasteiger partial charge in [-0.3, -0.25) is 4.79 Å². The molecule has 0 spiro atoms. The molecule has 0 radical (unpaired) electrons. The minimum atomic E-state index is -3.59. The Hall–Kier alpha value is -1.86. The second-order valence-electron chi connectivity index (χ2n) is 5.73. The van der Waals surface area contributed by atoms with Crippen molar-refractivity contribution >= 4 is 50.9 Å². The second-order valence-corrected chi connectivity index (χ2v) is 8.67. The molecule has 2 aromatic rings. The zero-order chi connectivity index (χ0) is 19.5. The van der Waals surface area contributed by atoms with Crippen molar-refractivity contribution in [3.63, 3.8) is 0 Å². The van der Waals surface area contributed by atoms with Crippen LogP contribution >= 0.6 is 23.2 Å². The summed E-state index contributed by atoms with van der Waals surface area (Å²) in [6.45, 7) is 1.78. The van der Waals surface area contributed by atoms with Gasteiger partial charge < -0.3 is 5.32 Å². The number of carbonyl (C=O) groups is 1. The van der Waals surface area contributed by atoms with Crippen LogP contribution < -0.4 is 5.32 Å². The van der Waals surface area contributed by atoms with Crippen LogP contribution in [0.15, 0.2) is 47.4 Å². The average molecular weight is 413 g/mol. The Balaban J connectivity index is 2.24. The van der Waals surface area contributed by atoms with Gasteiger partial charge in [-0.2, -0.15) is 0 Å². The van der Waals surface area contributed by atoms with Crippen LogP contribution in [-0.2, 0) is 14.8 Å². The SMILES string of the molecule is Cc1ccc(S(=O)(=O)N(C)C)cc1NC(=O)/C=C/c1cccc(Cl)c1Cl. The number of anilines is 1. The number of sulfonamides is 1. The summed E-state index contributed by atoms with van der Waals surface area (Å²) in [6, 6.07) is 9.69. The van der Waals surface area contributed by atoms with Crippen LogP contribution in [0.2, 0.25) is 10.0 Å². The molecule has 0 aliphatic heterocycles. The van der Waals surface area contributed by atoms with Gasteiger partial charge in [0.1, 0.15) is 0 Å². The van der Waals surface area contributed by atoms with Gasteiger partial charge in [0.2, 0.25) is 15.9 Å². The van der Waals surface area contributed by atoms with Crippen molar-refractivity contribution in [1.29, 1.82) is 0 Å². The molecule has 2 rings (SSSR count). The van der Waals surface area contributed by atoms with Crippen LogP contribution in [0, 0.1) is 6.92 Å². The Morgan fingerprint density at radius 1 is 1.15 bits per heavy atom. The maximum absolute atomic E-state index is 12.2. The monoisotopic (exact) mass is 412 g/mol. The number of nitrogens with zero attached hydrogens (tertiary/aromatic N) is 1. The Bertz CT molecular complexity index is 970. The number of benzene rings is 2. The van der Waals surface area contributed by atoms with Crippen LogP contribution in [0.3, 0.4) is 0 Å². The summed E-state index contributed by atoms with van der Waals surface area (Å²) in [6.07, 6.45) is 2.85. The molecule has 0 saturated carbocycles. The molecule has 0 unspecified atom stereocenters. The third-order valence-electron chi connectivity index (χ3n) is 3.64. The van der Waals surface area contributed by atoms with Crippen molar-refractivity contribution in [3.8, 4) is 0 Å². The summed E-state index contributed by atoms with van der Waals surface area (Å²) in [5.74, 6) is -0.413. The maximum atomic E-state index is 12.2. The van der Waals surface area contributed by atoms with Gasteiger partial charge in [0.15, 0.2) is 0 Å². The number of carbonyl (C=O) groups excluding carboxylic acids is 1. The molecule has 0 aromatic heterocycles. The van der Waals surface area contributed by atoms with E-state index in [2.05, 4.69) is 5.32 Å². The van der Waals surface area contributed by atoms with Crippen LogP contribution in [0.25, 0.3) is 6.08 Å². The first-order valence-electron chi connectivity index (χ1n) is 7.59. The topological polar surface area (TPSA) is 66.5 Å². The van der Waals surface area contributed by atoms with Crippen LogP contribution in [0.4, 0.5) is 5.69 Å². The highest BCUT2D eigenvalue weighted by Crippen LogP contribution is 2.26. The zero-order valence-corrected chi connectivity index (χ0v) is 16.8. The van der Waals surface area contributed by atoms with E-state index in [0.29, 0.717) is 21.3 Å². The van der Waals surface area contributed by atoms with E-state index in [1.807, 2.05) is 0 Å². The molecule has 8 heteroatoms. The molecule has 0 bridgehead atoms. The summed E-state index contributed by atoms with van der Waals surface area (Å²) in [5.41, 5.74) is 1.76. The molecule has 0 aliphatic rings. The van der Waals surface area contributed by atoms with Crippen molar-refractivity contribution in [2.24, 2.45) is 0 Å². The summed E-state index contributed by atoms with van der Waals surface area (Å²) in [7, 11) is -0.687. The lowest BCUT2D eigenvalue weighted by Gasteiger charge is -2.14. The van der Waals surface area contributed by atoms with E-state index >= 15 is 0 Å². The fourth-order valence-electron chi connectivity index (χ4n) is 2.10. The first-order valence-corrected chi connectivity index (χ1v) is 9.79. The van der Waals surface area contributed by atoms with Gasteiger partial charge in [-0.25, -0.2) is 12.7 Å². The molecule has 0 saturated heterocycles. The normalized spacial score (nSPS) is 11.9. The van der Waals surface area contributed by atoms with E-state index in [1.165, 1.54) is 32.3 Å². The van der Waals surface area contributed by atoms with Crippen molar-refractivity contribution in [1.82, 2.24) is 4.31 Å². The third kappa shape index (κ3) is 4.65. The zero-order valence-electron chi connectivity index (χ0n) is 14.5. The molecule has 0 fully saturated rings. The number of amides is 1. The highest BCUT2D eigenvalue weighted by molar-refractivity contribution is 7.89. The van der Waals surface area contributed by atoms with E-state index in [9.17, 15) is 13.2 Å². The van der Waals surface area contributed by atoms with Gasteiger partial charge in [0.05, 0.1) is 14.9 Å². The maximum Gasteiger partial charge on any atom is 0.248 e. The Kier molecular flexibility index (Phi) is 6.47. The van der Waals surface area contributed by atoms with Gasteiger partial charge in [-0.05, 0) is 42.3 Å². The molecular formula is C18H18Cl2N2O3S. The second kappa shape index (κ2) is 8.22. The van der Waals surface area contributed by atoms with Gasteiger partial charge in [0, 0.05) is 25.9 Å². The van der Waals surface area contributed by atoms with Gasteiger partial charge in [0.25, 0.3) is 0 Å². The fraction of sp³-hybridized carbons (Fsp3) is 0.167. The number of hydrogen-bond donors (Lipinski definition) is 1. The molecule has 0 heterocycles. The van der Waals surface area contributed by atoms with Crippen molar-refractivity contribution < 1.29 is 13.2 Å². The summed E-state index contributed by atoms with van der Waals surface area (Å²) in [5, 5.41) is 3.43. The third-order valence-corrected chi connectivity index (χ3v) is 6.29. The molecule has 26 heavy (non-hydrogen) atoms. The Morgan fingerprint density at radius 2 is 1.85 bits per heavy atom. The minimum Gasteiger partial charge on any atom is -0.322 e. The molecule has 138 valence electrons. The standard InChI is InChI=1S/C18H18Cl2N2O3S/c1-12-7-9-14(26(24,25)22(2)3)11-16(12)21-17(23)10-8-13-5-4-6-15(19)18(13)20/h4-11H,1-3H3,(H,21,23)/b10-8+. The molecule has 0 aliphatic carbocycles. The molecule has 1 amide bonds. The van der Waals surface area contributed by atoms with Gasteiger partial charge in [-0.1, -0.05) is 41.4 Å². The van der Waals surface area contributed by atoms with E-state index in [0.717, 1.165) is 9.87 Å². The van der Waals surface area contributed by atoms with Gasteiger partial charge >= 0.3 is 0 Å². The lowest BCUT2D eigenvalue weighted by molar-refractivity contribution is -0.111. The van der Waals surface area contributed by atoms with E-state index < -0.39 is 15.9 Å². The molecule has 2 aromatic carbocycles. The molecule has 0 atom stereocenters. The van der Waals surface area contributed by atoms with Crippen LogP contribution in [-0.4, -0.2) is 32.7 Å². The Labute approximate surface area is 163 Å². The van der Waals surface area contributed by atoms with Crippen LogP contribution in [0.5, 0.6) is 0 Å². The number of halogens is 2. The van der Waals surface area contributed by atoms with Crippen molar-refractivity contribution in [2.45, 2.75) is 11.8 Å². The minimum absolute atomic E-state index is 0.102. The molecule has 1 N–H and O–H groups in total. The number of hydrogen-bond acceptors (Lipinski definition) is 3. The predicted octanol–water partition coefficient (Wildman–Crippen LogP) is 4.20.